The molecule has 1 unspecified atom stereocenters. The van der Waals surface area contributed by atoms with Crippen molar-refractivity contribution >= 4 is 35.0 Å². The maximum absolute atomic E-state index is 13.4. The van der Waals surface area contributed by atoms with Gasteiger partial charge in [-0.05, 0) is 38.2 Å². The number of benzene rings is 1. The fraction of sp³-hybridized carbons (Fsp3) is 0.536. The molecule has 2 fully saturated rings. The fourth-order valence-electron chi connectivity index (χ4n) is 5.52. The molecule has 2 aliphatic heterocycles. The Morgan fingerprint density at radius 2 is 1.68 bits per heavy atom. The molecule has 2 saturated heterocycles. The van der Waals surface area contributed by atoms with Crippen LogP contribution in [0.1, 0.15) is 55.5 Å². The summed E-state index contributed by atoms with van der Waals surface area (Å²) in [7, 11) is 0. The van der Waals surface area contributed by atoms with Crippen LogP contribution < -0.4 is 0 Å². The number of pyridine rings is 1. The lowest BCUT2D eigenvalue weighted by Crippen LogP contribution is -2.58. The van der Waals surface area contributed by atoms with E-state index in [-0.39, 0.29) is 33.4 Å². The van der Waals surface area contributed by atoms with Crippen molar-refractivity contribution in [2.45, 2.75) is 57.7 Å². The van der Waals surface area contributed by atoms with Crippen LogP contribution in [-0.2, 0) is 11.3 Å². The van der Waals surface area contributed by atoms with Gasteiger partial charge in [-0.15, -0.1) is 0 Å². The van der Waals surface area contributed by atoms with Crippen LogP contribution in [0.25, 0.3) is 0 Å². The van der Waals surface area contributed by atoms with Gasteiger partial charge in [-0.1, -0.05) is 60.5 Å². The summed E-state index contributed by atoms with van der Waals surface area (Å²) in [6.07, 6.45) is 6.26. The van der Waals surface area contributed by atoms with Gasteiger partial charge in [0.25, 0.3) is 5.91 Å². The first-order chi connectivity index (χ1) is 17.7. The van der Waals surface area contributed by atoms with Crippen molar-refractivity contribution in [2.24, 2.45) is 5.92 Å². The summed E-state index contributed by atoms with van der Waals surface area (Å²) in [4.78, 5) is 36.3. The second-order valence-corrected chi connectivity index (χ2v) is 11.3. The number of rotatable bonds is 7. The molecule has 0 N–H and O–H groups in total. The minimum absolute atomic E-state index is 0.0336. The first-order valence-corrected chi connectivity index (χ1v) is 13.7. The van der Waals surface area contributed by atoms with E-state index in [1.54, 1.807) is 6.92 Å². The number of hydrogen-bond acceptors (Lipinski definition) is 4. The highest BCUT2D eigenvalue weighted by Gasteiger charge is 2.40. The summed E-state index contributed by atoms with van der Waals surface area (Å²) in [6.45, 7) is 6.75. The highest BCUT2D eigenvalue weighted by atomic mass is 35.5. The molecule has 0 radical (unpaired) electrons. The Kier molecular flexibility index (Phi) is 9.09. The van der Waals surface area contributed by atoms with E-state index in [2.05, 4.69) is 16.8 Å². The van der Waals surface area contributed by atoms with Gasteiger partial charge in [0.15, 0.2) is 0 Å². The first kappa shape index (κ1) is 27.8. The Morgan fingerprint density at radius 3 is 2.24 bits per heavy atom. The minimum atomic E-state index is -0.647. The topological polar surface area (TPSA) is 56.8 Å². The molecule has 2 aromatic rings. The standard InChI is InChI=1S/C28H35Cl2FN4O2/c1-20(16-31)26(36)35(19-21-6-4-3-5-7-21)22-8-12-34(13-9-22)28(2)10-14-33(15-11-28)27(37)25-23(29)17-32-18-24(25)30/h3-7,17-18,20,22H,8-16,19H2,1-2H3. The second-order valence-electron chi connectivity index (χ2n) is 10.5. The third-order valence-corrected chi connectivity index (χ3v) is 8.57. The summed E-state index contributed by atoms with van der Waals surface area (Å²) in [6, 6.07) is 9.99. The predicted molar refractivity (Wildman–Crippen MR) is 145 cm³/mol. The van der Waals surface area contributed by atoms with Crippen LogP contribution in [0.2, 0.25) is 10.0 Å². The zero-order valence-electron chi connectivity index (χ0n) is 21.5. The van der Waals surface area contributed by atoms with Crippen LogP contribution >= 0.6 is 23.2 Å². The molecule has 0 spiro atoms. The second kappa shape index (κ2) is 12.1. The van der Waals surface area contributed by atoms with Crippen molar-refractivity contribution in [3.8, 4) is 0 Å². The largest absolute Gasteiger partial charge is 0.338 e. The van der Waals surface area contributed by atoms with Crippen molar-refractivity contribution in [1.29, 1.82) is 0 Å². The highest BCUT2D eigenvalue weighted by Crippen LogP contribution is 2.34. The number of carbonyl (C=O) groups excluding carboxylic acids is 2. The molecule has 1 aromatic carbocycles. The third kappa shape index (κ3) is 6.27. The lowest BCUT2D eigenvalue weighted by molar-refractivity contribution is -0.140. The quantitative estimate of drug-likeness (QED) is 0.459. The molecule has 3 heterocycles. The fourth-order valence-corrected chi connectivity index (χ4v) is 6.04. The van der Waals surface area contributed by atoms with E-state index in [1.165, 1.54) is 12.4 Å². The van der Waals surface area contributed by atoms with E-state index in [4.69, 9.17) is 23.2 Å². The van der Waals surface area contributed by atoms with Crippen LogP contribution in [0.3, 0.4) is 0 Å². The Morgan fingerprint density at radius 1 is 1.08 bits per heavy atom. The lowest BCUT2D eigenvalue weighted by atomic mass is 9.85. The maximum atomic E-state index is 13.4. The van der Waals surface area contributed by atoms with E-state index in [0.29, 0.717) is 25.2 Å². The number of carbonyl (C=O) groups is 2. The first-order valence-electron chi connectivity index (χ1n) is 13.0. The molecule has 0 saturated carbocycles. The average molecular weight is 550 g/mol. The monoisotopic (exact) mass is 548 g/mol. The maximum Gasteiger partial charge on any atom is 0.257 e. The lowest BCUT2D eigenvalue weighted by Gasteiger charge is -2.50. The Labute approximate surface area is 228 Å². The molecule has 6 nitrogen and oxygen atoms in total. The average Bonchev–Trinajstić information content (AvgIpc) is 2.92. The molecule has 1 aromatic heterocycles. The number of piperidine rings is 2. The van der Waals surface area contributed by atoms with Crippen LogP contribution in [-0.4, -0.2) is 75.9 Å². The van der Waals surface area contributed by atoms with E-state index in [0.717, 1.165) is 44.3 Å². The number of halogens is 3. The summed E-state index contributed by atoms with van der Waals surface area (Å²) in [5, 5.41) is 0.536. The van der Waals surface area contributed by atoms with Gasteiger partial charge < -0.3 is 9.80 Å². The van der Waals surface area contributed by atoms with E-state index in [1.807, 2.05) is 40.1 Å². The molecule has 9 heteroatoms. The van der Waals surface area contributed by atoms with Crippen LogP contribution in [0.4, 0.5) is 4.39 Å². The number of aromatic nitrogens is 1. The van der Waals surface area contributed by atoms with Gasteiger partial charge in [-0.25, -0.2) is 0 Å². The highest BCUT2D eigenvalue weighted by molar-refractivity contribution is 6.39. The molecule has 2 amide bonds. The van der Waals surface area contributed by atoms with Gasteiger partial charge in [0.05, 0.1) is 21.5 Å². The van der Waals surface area contributed by atoms with Gasteiger partial charge in [-0.3, -0.25) is 23.9 Å². The number of amides is 2. The van der Waals surface area contributed by atoms with E-state index in [9.17, 15) is 14.0 Å². The number of alkyl halides is 1. The molecule has 2 aliphatic rings. The Hall–Kier alpha value is -2.22. The normalized spacial score (nSPS) is 19.4. The van der Waals surface area contributed by atoms with Gasteiger partial charge in [-0.2, -0.15) is 0 Å². The zero-order valence-corrected chi connectivity index (χ0v) is 23.0. The number of likely N-dealkylation sites (tertiary alicyclic amines) is 2. The van der Waals surface area contributed by atoms with Gasteiger partial charge in [0, 0.05) is 56.7 Å². The summed E-state index contributed by atoms with van der Waals surface area (Å²) < 4.78 is 13.4. The summed E-state index contributed by atoms with van der Waals surface area (Å²) in [5.74, 6) is -0.907. The van der Waals surface area contributed by atoms with Crippen molar-refractivity contribution in [3.63, 3.8) is 0 Å². The third-order valence-electron chi connectivity index (χ3n) is 8.00. The van der Waals surface area contributed by atoms with Crippen molar-refractivity contribution < 1.29 is 14.0 Å². The minimum Gasteiger partial charge on any atom is -0.338 e. The molecular formula is C28H35Cl2FN4O2. The summed E-state index contributed by atoms with van der Waals surface area (Å²) in [5.41, 5.74) is 1.34. The zero-order chi connectivity index (χ0) is 26.6. The van der Waals surface area contributed by atoms with Crippen molar-refractivity contribution in [3.05, 3.63) is 63.9 Å². The van der Waals surface area contributed by atoms with Gasteiger partial charge >= 0.3 is 0 Å². The Bertz CT molecular complexity index is 1070. The molecule has 4 rings (SSSR count). The molecule has 1 atom stereocenters. The van der Waals surface area contributed by atoms with Crippen LogP contribution in [0, 0.1) is 5.92 Å². The predicted octanol–water partition coefficient (Wildman–Crippen LogP) is 5.48. The van der Waals surface area contributed by atoms with E-state index < -0.39 is 12.6 Å². The summed E-state index contributed by atoms with van der Waals surface area (Å²) >= 11 is 12.4. The SMILES string of the molecule is CC(CF)C(=O)N(Cc1ccccc1)C1CCN(C2(C)CCN(C(=O)c3c(Cl)cncc3Cl)CC2)CC1. The number of hydrogen-bond donors (Lipinski definition) is 0. The smallest absolute Gasteiger partial charge is 0.257 e. The van der Waals surface area contributed by atoms with Crippen molar-refractivity contribution in [2.75, 3.05) is 32.9 Å². The van der Waals surface area contributed by atoms with Crippen LogP contribution in [0.15, 0.2) is 42.7 Å². The molecular weight excluding hydrogens is 514 g/mol. The van der Waals surface area contributed by atoms with Gasteiger partial charge in [0.2, 0.25) is 5.91 Å². The van der Waals surface area contributed by atoms with Gasteiger partial charge in [0.1, 0.15) is 6.67 Å². The molecule has 37 heavy (non-hydrogen) atoms. The molecule has 200 valence electrons. The van der Waals surface area contributed by atoms with Crippen molar-refractivity contribution in [1.82, 2.24) is 19.7 Å². The molecule has 0 aliphatic carbocycles. The van der Waals surface area contributed by atoms with E-state index >= 15 is 0 Å². The number of nitrogens with zero attached hydrogens (tertiary/aromatic N) is 4. The van der Waals surface area contributed by atoms with Crippen LogP contribution in [0.5, 0.6) is 0 Å². The molecule has 0 bridgehead atoms. The Balaban J connectivity index is 1.37.